The van der Waals surface area contributed by atoms with Crippen LogP contribution in [-0.2, 0) is 6.42 Å². The molecular formula is C32H37N3O2S. The van der Waals surface area contributed by atoms with Crippen LogP contribution in [0.25, 0.3) is 11.6 Å². The fraction of sp³-hybridized carbons (Fsp3) is 0.438. The predicted molar refractivity (Wildman–Crippen MR) is 156 cm³/mol. The highest BCUT2D eigenvalue weighted by Gasteiger charge is 2.26. The van der Waals surface area contributed by atoms with Crippen LogP contribution < -0.4 is 0 Å². The number of rotatable bonds is 4. The molecule has 6 rings (SSSR count). The van der Waals surface area contributed by atoms with E-state index in [4.69, 9.17) is 0 Å². The first-order valence-electron chi connectivity index (χ1n) is 14.0. The van der Waals surface area contributed by atoms with Gasteiger partial charge in [0, 0.05) is 67.2 Å². The van der Waals surface area contributed by atoms with Crippen LogP contribution in [0, 0.1) is 23.7 Å². The lowest BCUT2D eigenvalue weighted by atomic mass is 9.85. The molecule has 3 heterocycles. The fourth-order valence-electron chi connectivity index (χ4n) is 6.45. The Morgan fingerprint density at radius 3 is 2.74 bits per heavy atom. The number of aliphatic hydroxyl groups is 2. The molecule has 6 heteroatoms. The van der Waals surface area contributed by atoms with Crippen LogP contribution in [0.5, 0.6) is 0 Å². The Hall–Kier alpha value is -2.53. The third-order valence-electron chi connectivity index (χ3n) is 8.57. The van der Waals surface area contributed by atoms with E-state index in [0.29, 0.717) is 5.56 Å². The summed E-state index contributed by atoms with van der Waals surface area (Å²) in [6, 6.07) is 7.79. The van der Waals surface area contributed by atoms with Crippen molar-refractivity contribution in [3.05, 3.63) is 81.7 Å². The number of likely N-dealkylation sites (tertiary alicyclic amines) is 1. The Labute approximate surface area is 231 Å². The molecule has 1 aromatic carbocycles. The van der Waals surface area contributed by atoms with Gasteiger partial charge in [0.15, 0.2) is 6.29 Å². The van der Waals surface area contributed by atoms with Crippen molar-refractivity contribution in [1.82, 2.24) is 14.2 Å². The summed E-state index contributed by atoms with van der Waals surface area (Å²) in [5.74, 6) is 7.93. The normalized spacial score (nSPS) is 22.6. The SMILES string of the molecule is OC(O)c1cccc(C#CC2C=C3CCN(CC4CCN(S)CC4)CC3=CC2)c1C1=Cc2[nH]ccc2CC1. The predicted octanol–water partition coefficient (Wildman–Crippen LogP) is 4.97. The summed E-state index contributed by atoms with van der Waals surface area (Å²) in [4.78, 5) is 5.94. The number of aromatic amines is 1. The van der Waals surface area contributed by atoms with Crippen LogP contribution in [0.3, 0.4) is 0 Å². The summed E-state index contributed by atoms with van der Waals surface area (Å²) in [6.07, 6.45) is 13.7. The van der Waals surface area contributed by atoms with Gasteiger partial charge in [0.25, 0.3) is 0 Å². The Morgan fingerprint density at radius 2 is 1.89 bits per heavy atom. The molecule has 4 aliphatic rings. The van der Waals surface area contributed by atoms with Gasteiger partial charge >= 0.3 is 0 Å². The van der Waals surface area contributed by atoms with Crippen molar-refractivity contribution in [2.75, 3.05) is 32.7 Å². The molecule has 0 spiro atoms. The molecule has 2 saturated heterocycles. The number of nitrogens with one attached hydrogen (secondary N) is 1. The molecule has 0 amide bonds. The van der Waals surface area contributed by atoms with Gasteiger partial charge < -0.3 is 15.2 Å². The first-order valence-corrected chi connectivity index (χ1v) is 14.4. The minimum Gasteiger partial charge on any atom is -0.364 e. The Morgan fingerprint density at radius 1 is 1.03 bits per heavy atom. The highest BCUT2D eigenvalue weighted by atomic mass is 32.1. The second-order valence-electron chi connectivity index (χ2n) is 11.1. The zero-order valence-corrected chi connectivity index (χ0v) is 22.8. The summed E-state index contributed by atoms with van der Waals surface area (Å²) in [7, 11) is 0. The first kappa shape index (κ1) is 25.7. The zero-order chi connectivity index (χ0) is 26.1. The van der Waals surface area contributed by atoms with E-state index in [-0.39, 0.29) is 5.92 Å². The van der Waals surface area contributed by atoms with Crippen molar-refractivity contribution < 1.29 is 10.2 Å². The second kappa shape index (κ2) is 11.3. The first-order chi connectivity index (χ1) is 18.5. The standard InChI is InChI=1S/C32H37N3O2S/c36-32(37)29-3-1-2-25(31(29)27-9-8-24-10-14-33-30(24)19-27)6-4-22-5-7-28-21-34(15-13-26(28)18-22)20-23-11-16-35(38)17-12-23/h1-3,7,10,14,18-19,22-23,32-33,36-38H,5,8-9,11-13,15-17,20-21H2. The molecular weight excluding hydrogens is 490 g/mol. The molecule has 3 N–H and O–H groups in total. The molecule has 0 bridgehead atoms. The van der Waals surface area contributed by atoms with Crippen LogP contribution >= 0.6 is 12.8 Å². The van der Waals surface area contributed by atoms with Gasteiger partial charge in [-0.1, -0.05) is 48.9 Å². The molecule has 1 atom stereocenters. The van der Waals surface area contributed by atoms with E-state index in [1.54, 1.807) is 6.07 Å². The van der Waals surface area contributed by atoms with Crippen molar-refractivity contribution >= 4 is 24.5 Å². The van der Waals surface area contributed by atoms with Gasteiger partial charge in [0.1, 0.15) is 0 Å². The molecule has 0 radical (unpaired) electrons. The number of aromatic nitrogens is 1. The minimum atomic E-state index is -1.53. The molecule has 1 unspecified atom stereocenters. The van der Waals surface area contributed by atoms with E-state index in [9.17, 15) is 10.2 Å². The molecule has 2 fully saturated rings. The molecule has 1 aromatic heterocycles. The Kier molecular flexibility index (Phi) is 7.65. The van der Waals surface area contributed by atoms with Gasteiger partial charge in [-0.05, 0) is 84.9 Å². The number of nitrogens with zero attached hydrogens (tertiary/aromatic N) is 2. The molecule has 0 saturated carbocycles. The largest absolute Gasteiger partial charge is 0.364 e. The van der Waals surface area contributed by atoms with Crippen LogP contribution in [-0.4, -0.2) is 57.1 Å². The minimum absolute atomic E-state index is 0.186. The topological polar surface area (TPSA) is 62.7 Å². The lowest BCUT2D eigenvalue weighted by molar-refractivity contribution is -0.0426. The number of piperidine rings is 2. The number of aliphatic hydroxyl groups excluding tert-OH is 1. The third kappa shape index (κ3) is 5.59. The number of hydrogen-bond donors (Lipinski definition) is 4. The number of hydrogen-bond acceptors (Lipinski definition) is 5. The van der Waals surface area contributed by atoms with Crippen molar-refractivity contribution in [1.29, 1.82) is 0 Å². The van der Waals surface area contributed by atoms with Crippen molar-refractivity contribution in [2.45, 2.75) is 44.8 Å². The van der Waals surface area contributed by atoms with Crippen LogP contribution in [0.15, 0.2) is 53.8 Å². The summed E-state index contributed by atoms with van der Waals surface area (Å²) < 4.78 is 2.15. The molecule has 5 nitrogen and oxygen atoms in total. The summed E-state index contributed by atoms with van der Waals surface area (Å²) in [5, 5.41) is 20.3. The second-order valence-corrected chi connectivity index (χ2v) is 11.7. The lowest BCUT2D eigenvalue weighted by Crippen LogP contribution is -2.39. The van der Waals surface area contributed by atoms with Gasteiger partial charge in [-0.15, -0.1) is 0 Å². The molecule has 2 aliphatic heterocycles. The molecule has 2 aromatic rings. The van der Waals surface area contributed by atoms with E-state index in [0.717, 1.165) is 80.2 Å². The number of H-pyrrole nitrogens is 1. The number of fused-ring (bicyclic) bond motifs is 2. The van der Waals surface area contributed by atoms with Gasteiger partial charge in [0.05, 0.1) is 0 Å². The maximum absolute atomic E-state index is 10.1. The van der Waals surface area contributed by atoms with Gasteiger partial charge in [-0.2, -0.15) is 0 Å². The number of aryl methyl sites for hydroxylation is 1. The van der Waals surface area contributed by atoms with E-state index in [1.165, 1.54) is 36.1 Å². The maximum Gasteiger partial charge on any atom is 0.179 e. The quantitative estimate of drug-likeness (QED) is 0.258. The van der Waals surface area contributed by atoms with E-state index in [1.807, 2.05) is 18.3 Å². The average Bonchev–Trinajstić information content (AvgIpc) is 3.41. The number of benzene rings is 1. The van der Waals surface area contributed by atoms with E-state index < -0.39 is 6.29 Å². The van der Waals surface area contributed by atoms with Gasteiger partial charge in [-0.25, -0.2) is 0 Å². The van der Waals surface area contributed by atoms with Crippen molar-refractivity contribution in [3.8, 4) is 11.8 Å². The monoisotopic (exact) mass is 527 g/mol. The van der Waals surface area contributed by atoms with Crippen LogP contribution in [0.2, 0.25) is 0 Å². The summed E-state index contributed by atoms with van der Waals surface area (Å²) in [6.45, 7) is 5.58. The van der Waals surface area contributed by atoms with Gasteiger partial charge in [0.2, 0.25) is 0 Å². The zero-order valence-electron chi connectivity index (χ0n) is 21.9. The number of allylic oxidation sites excluding steroid dienone is 3. The van der Waals surface area contributed by atoms with Crippen molar-refractivity contribution in [3.63, 3.8) is 0 Å². The van der Waals surface area contributed by atoms with Crippen LogP contribution in [0.1, 0.15) is 66.3 Å². The number of thiol groups is 1. The summed E-state index contributed by atoms with van der Waals surface area (Å²) in [5.41, 5.74) is 8.71. The van der Waals surface area contributed by atoms with Crippen molar-refractivity contribution in [2.24, 2.45) is 11.8 Å². The third-order valence-corrected chi connectivity index (χ3v) is 8.97. The highest BCUT2D eigenvalue weighted by molar-refractivity contribution is 7.77. The smallest absolute Gasteiger partial charge is 0.179 e. The van der Waals surface area contributed by atoms with E-state index >= 15 is 0 Å². The fourth-order valence-corrected chi connectivity index (χ4v) is 6.68. The van der Waals surface area contributed by atoms with E-state index in [2.05, 4.69) is 63.1 Å². The Bertz CT molecular complexity index is 1330. The molecule has 2 aliphatic carbocycles. The maximum atomic E-state index is 10.1. The lowest BCUT2D eigenvalue weighted by Gasteiger charge is -2.37. The average molecular weight is 528 g/mol. The molecule has 198 valence electrons. The Balaban J connectivity index is 1.18. The van der Waals surface area contributed by atoms with Gasteiger partial charge in [-0.3, -0.25) is 9.21 Å². The van der Waals surface area contributed by atoms with Crippen LogP contribution in [0.4, 0.5) is 0 Å². The summed E-state index contributed by atoms with van der Waals surface area (Å²) >= 11 is 4.50. The highest BCUT2D eigenvalue weighted by Crippen LogP contribution is 2.36. The molecule has 38 heavy (non-hydrogen) atoms.